The molecular formula is C24H27N3O3. The topological polar surface area (TPSA) is 84.2 Å². The van der Waals surface area contributed by atoms with E-state index in [1.165, 1.54) is 12.8 Å². The fourth-order valence-corrected chi connectivity index (χ4v) is 7.06. The smallest absolute Gasteiger partial charge is 0.306 e. The molecule has 6 nitrogen and oxygen atoms in total. The minimum atomic E-state index is -0.788. The number of carbonyl (C=O) groups is 2. The van der Waals surface area contributed by atoms with Crippen molar-refractivity contribution < 1.29 is 14.7 Å². The van der Waals surface area contributed by atoms with Gasteiger partial charge in [0.1, 0.15) is 0 Å². The highest BCUT2D eigenvalue weighted by Gasteiger charge is 2.56. The zero-order valence-electron chi connectivity index (χ0n) is 17.0. The number of hydrogen-bond acceptors (Lipinski definition) is 3. The molecule has 1 aromatic heterocycles. The van der Waals surface area contributed by atoms with Crippen molar-refractivity contribution in [2.45, 2.75) is 56.9 Å². The van der Waals surface area contributed by atoms with Crippen molar-refractivity contribution in [2.24, 2.45) is 23.7 Å². The van der Waals surface area contributed by atoms with E-state index in [1.807, 2.05) is 35.0 Å². The summed E-state index contributed by atoms with van der Waals surface area (Å²) in [6.07, 6.45) is 7.53. The molecule has 2 N–H and O–H groups in total. The number of carboxylic acids is 1. The van der Waals surface area contributed by atoms with Crippen molar-refractivity contribution in [1.82, 2.24) is 15.1 Å². The average molecular weight is 405 g/mol. The Morgan fingerprint density at radius 3 is 2.50 bits per heavy atom. The Morgan fingerprint density at radius 2 is 1.83 bits per heavy atom. The molecule has 0 radical (unpaired) electrons. The van der Waals surface area contributed by atoms with E-state index in [9.17, 15) is 14.7 Å². The number of carbonyl (C=O) groups excluding carboxylic acids is 1. The van der Waals surface area contributed by atoms with E-state index in [-0.39, 0.29) is 11.4 Å². The molecule has 6 heteroatoms. The highest BCUT2D eigenvalue weighted by Crippen LogP contribution is 2.60. The molecule has 2 aromatic rings. The van der Waals surface area contributed by atoms with Crippen molar-refractivity contribution >= 4 is 11.9 Å². The summed E-state index contributed by atoms with van der Waals surface area (Å²) in [5.41, 5.74) is 3.08. The van der Waals surface area contributed by atoms with Gasteiger partial charge in [-0.25, -0.2) is 4.68 Å². The first-order valence-electron chi connectivity index (χ1n) is 11.2. The summed E-state index contributed by atoms with van der Waals surface area (Å²) in [7, 11) is 0. The number of benzene rings is 1. The lowest BCUT2D eigenvalue weighted by molar-refractivity contribution is -0.142. The SMILES string of the molecule is O=C(NC12CC3CC(C1)C(C3)C2)c1nn(-c2ccccc2)c2c1CC(C(=O)O)CC2. The van der Waals surface area contributed by atoms with Gasteiger partial charge < -0.3 is 10.4 Å². The van der Waals surface area contributed by atoms with E-state index in [0.717, 1.165) is 54.0 Å². The minimum absolute atomic E-state index is 0.0716. The van der Waals surface area contributed by atoms with Gasteiger partial charge in [0, 0.05) is 16.8 Å². The summed E-state index contributed by atoms with van der Waals surface area (Å²) in [4.78, 5) is 25.1. The summed E-state index contributed by atoms with van der Waals surface area (Å²) < 4.78 is 1.86. The number of nitrogens with one attached hydrogen (secondary N) is 1. The molecule has 3 atom stereocenters. The van der Waals surface area contributed by atoms with Gasteiger partial charge in [0.15, 0.2) is 5.69 Å². The second-order valence-corrected chi connectivity index (χ2v) is 10.0. The highest BCUT2D eigenvalue weighted by molar-refractivity contribution is 5.95. The van der Waals surface area contributed by atoms with E-state index in [1.54, 1.807) is 0 Å². The maximum atomic E-state index is 13.5. The van der Waals surface area contributed by atoms with Crippen molar-refractivity contribution in [2.75, 3.05) is 0 Å². The van der Waals surface area contributed by atoms with E-state index in [2.05, 4.69) is 5.32 Å². The molecule has 1 aromatic carbocycles. The van der Waals surface area contributed by atoms with Crippen LogP contribution < -0.4 is 5.32 Å². The van der Waals surface area contributed by atoms with Crippen LogP contribution in [0.2, 0.25) is 0 Å². The molecule has 30 heavy (non-hydrogen) atoms. The Kier molecular flexibility index (Phi) is 3.89. The summed E-state index contributed by atoms with van der Waals surface area (Å²) in [6, 6.07) is 9.83. The number of fused-ring (bicyclic) bond motifs is 1. The third-order valence-corrected chi connectivity index (χ3v) is 8.14. The normalized spacial score (nSPS) is 33.5. The molecule has 7 rings (SSSR count). The van der Waals surface area contributed by atoms with E-state index in [0.29, 0.717) is 25.0 Å². The van der Waals surface area contributed by atoms with Crippen LogP contribution in [-0.4, -0.2) is 32.3 Å². The average Bonchev–Trinajstić information content (AvgIpc) is 3.33. The predicted molar refractivity (Wildman–Crippen MR) is 110 cm³/mol. The largest absolute Gasteiger partial charge is 0.481 e. The summed E-state index contributed by atoms with van der Waals surface area (Å²) in [5, 5.41) is 17.7. The van der Waals surface area contributed by atoms with Crippen LogP contribution in [0.4, 0.5) is 0 Å². The molecule has 3 unspecified atom stereocenters. The molecule has 0 aliphatic heterocycles. The Balaban J connectivity index is 1.36. The number of aliphatic carboxylic acids is 1. The molecule has 5 aliphatic rings. The van der Waals surface area contributed by atoms with E-state index >= 15 is 0 Å². The van der Waals surface area contributed by atoms with Crippen molar-refractivity contribution in [3.8, 4) is 5.69 Å². The predicted octanol–water partition coefficient (Wildman–Crippen LogP) is 3.37. The lowest BCUT2D eigenvalue weighted by Gasteiger charge is -2.39. The zero-order valence-corrected chi connectivity index (χ0v) is 17.0. The Labute approximate surface area is 175 Å². The van der Waals surface area contributed by atoms with Gasteiger partial charge in [-0.2, -0.15) is 5.10 Å². The molecule has 0 saturated heterocycles. The molecule has 5 aliphatic carbocycles. The maximum Gasteiger partial charge on any atom is 0.306 e. The lowest BCUT2D eigenvalue weighted by atomic mass is 9.75. The Hall–Kier alpha value is -2.63. The first kappa shape index (κ1) is 18.2. The van der Waals surface area contributed by atoms with Gasteiger partial charge >= 0.3 is 5.97 Å². The number of nitrogens with zero attached hydrogens (tertiary/aromatic N) is 2. The van der Waals surface area contributed by atoms with Crippen LogP contribution in [-0.2, 0) is 17.6 Å². The van der Waals surface area contributed by atoms with Crippen LogP contribution >= 0.6 is 0 Å². The zero-order chi connectivity index (χ0) is 20.5. The summed E-state index contributed by atoms with van der Waals surface area (Å²) in [5.74, 6) is 0.953. The molecule has 4 bridgehead atoms. The van der Waals surface area contributed by atoms with Crippen molar-refractivity contribution in [1.29, 1.82) is 0 Å². The van der Waals surface area contributed by atoms with Crippen LogP contribution in [0.15, 0.2) is 30.3 Å². The maximum absolute atomic E-state index is 13.5. The molecular weight excluding hydrogens is 378 g/mol. The van der Waals surface area contributed by atoms with E-state index < -0.39 is 11.9 Å². The summed E-state index contributed by atoms with van der Waals surface area (Å²) in [6.45, 7) is 0. The number of hydrogen-bond donors (Lipinski definition) is 2. The summed E-state index contributed by atoms with van der Waals surface area (Å²) >= 11 is 0. The number of aromatic nitrogens is 2. The van der Waals surface area contributed by atoms with Crippen LogP contribution in [0.3, 0.4) is 0 Å². The van der Waals surface area contributed by atoms with Crippen molar-refractivity contribution in [3.63, 3.8) is 0 Å². The molecule has 0 spiro atoms. The van der Waals surface area contributed by atoms with Gasteiger partial charge in [-0.3, -0.25) is 9.59 Å². The molecule has 156 valence electrons. The van der Waals surface area contributed by atoms with Gasteiger partial charge in [-0.15, -0.1) is 0 Å². The van der Waals surface area contributed by atoms with Crippen LogP contribution in [0.5, 0.6) is 0 Å². The fourth-order valence-electron chi connectivity index (χ4n) is 7.06. The Morgan fingerprint density at radius 1 is 1.10 bits per heavy atom. The number of rotatable bonds is 4. The van der Waals surface area contributed by atoms with Crippen LogP contribution in [0.1, 0.15) is 60.3 Å². The van der Waals surface area contributed by atoms with Gasteiger partial charge in [0.25, 0.3) is 5.91 Å². The van der Waals surface area contributed by atoms with Gasteiger partial charge in [-0.1, -0.05) is 18.2 Å². The Bertz CT molecular complexity index is 1010. The fraction of sp³-hybridized carbons (Fsp3) is 0.542. The van der Waals surface area contributed by atoms with Gasteiger partial charge in [0.05, 0.1) is 11.6 Å². The second-order valence-electron chi connectivity index (χ2n) is 10.0. The third kappa shape index (κ3) is 2.72. The first-order valence-corrected chi connectivity index (χ1v) is 11.2. The van der Waals surface area contributed by atoms with E-state index in [4.69, 9.17) is 5.10 Å². The van der Waals surface area contributed by atoms with Gasteiger partial charge in [-0.05, 0) is 81.3 Å². The van der Waals surface area contributed by atoms with Crippen molar-refractivity contribution in [3.05, 3.63) is 47.3 Å². The number of amides is 1. The number of carboxylic acid groups (broad SMARTS) is 1. The second kappa shape index (κ2) is 6.43. The first-order chi connectivity index (χ1) is 14.5. The standard InChI is InChI=1S/C24H27N3O3/c28-22(25-24-11-14-8-16(12-24)17(9-14)13-24)21-19-10-15(23(29)30)6-7-20(19)27(26-21)18-4-2-1-3-5-18/h1-5,14-17H,6-13H2,(H,25,28)(H,29,30). The van der Waals surface area contributed by atoms with Crippen LogP contribution in [0.25, 0.3) is 5.69 Å². The third-order valence-electron chi connectivity index (χ3n) is 8.14. The minimum Gasteiger partial charge on any atom is -0.481 e. The highest BCUT2D eigenvalue weighted by atomic mass is 16.4. The van der Waals surface area contributed by atoms with Gasteiger partial charge in [0.2, 0.25) is 0 Å². The quantitative estimate of drug-likeness (QED) is 0.817. The number of para-hydroxylation sites is 1. The molecule has 1 heterocycles. The monoisotopic (exact) mass is 405 g/mol. The molecule has 4 fully saturated rings. The van der Waals surface area contributed by atoms with Crippen LogP contribution in [0, 0.1) is 23.7 Å². The lowest BCUT2D eigenvalue weighted by Crippen LogP contribution is -2.50. The molecule has 4 saturated carbocycles. The molecule has 1 amide bonds.